The maximum Gasteiger partial charge on any atom is 0.126 e. The fraction of sp³-hybridized carbons (Fsp3) is 0.625. The van der Waals surface area contributed by atoms with Gasteiger partial charge < -0.3 is 14.6 Å². The standard InChI is InChI=1S/C16H21ClO3/c1-2-3-12-9-16(6-7-19-12)10-14(18)13-8-11(17)4-5-15(13)20-16/h4-5,8,12,14,18H,2-3,6-7,9-10H2,1H3/t12?,14-,16?/m1/s1. The molecule has 110 valence electrons. The summed E-state index contributed by atoms with van der Waals surface area (Å²) >= 11 is 6.00. The van der Waals surface area contributed by atoms with E-state index in [0.717, 1.165) is 37.0 Å². The Morgan fingerprint density at radius 2 is 2.25 bits per heavy atom. The Bertz CT molecular complexity index is 489. The van der Waals surface area contributed by atoms with Crippen molar-refractivity contribution in [2.24, 2.45) is 0 Å². The van der Waals surface area contributed by atoms with E-state index in [1.165, 1.54) is 0 Å². The van der Waals surface area contributed by atoms with Gasteiger partial charge >= 0.3 is 0 Å². The molecule has 1 spiro atoms. The third-order valence-corrected chi connectivity index (χ3v) is 4.58. The molecular formula is C16H21ClO3. The minimum Gasteiger partial charge on any atom is -0.487 e. The molecule has 20 heavy (non-hydrogen) atoms. The lowest BCUT2D eigenvalue weighted by Crippen LogP contribution is -2.48. The molecule has 3 rings (SSSR count). The zero-order valence-corrected chi connectivity index (χ0v) is 12.5. The molecule has 3 nitrogen and oxygen atoms in total. The fourth-order valence-electron chi connectivity index (χ4n) is 3.38. The van der Waals surface area contributed by atoms with Crippen molar-refractivity contribution in [3.63, 3.8) is 0 Å². The monoisotopic (exact) mass is 296 g/mol. The third kappa shape index (κ3) is 2.67. The molecule has 2 heterocycles. The Balaban J connectivity index is 1.84. The van der Waals surface area contributed by atoms with Crippen LogP contribution in [0, 0.1) is 0 Å². The molecular weight excluding hydrogens is 276 g/mol. The Kier molecular flexibility index (Phi) is 3.93. The number of aliphatic hydroxyl groups is 1. The first-order chi connectivity index (χ1) is 9.62. The minimum atomic E-state index is -0.502. The average molecular weight is 297 g/mol. The van der Waals surface area contributed by atoms with Crippen LogP contribution in [0.4, 0.5) is 0 Å². The van der Waals surface area contributed by atoms with Crippen molar-refractivity contribution in [1.29, 1.82) is 0 Å². The van der Waals surface area contributed by atoms with Gasteiger partial charge in [0.15, 0.2) is 0 Å². The van der Waals surface area contributed by atoms with Gasteiger partial charge in [-0.2, -0.15) is 0 Å². The van der Waals surface area contributed by atoms with Crippen LogP contribution in [0.5, 0.6) is 5.75 Å². The van der Waals surface area contributed by atoms with Crippen LogP contribution >= 0.6 is 11.6 Å². The normalized spacial score (nSPS) is 32.8. The van der Waals surface area contributed by atoms with Crippen LogP contribution in [0.2, 0.25) is 5.02 Å². The number of rotatable bonds is 2. The highest BCUT2D eigenvalue weighted by atomic mass is 35.5. The van der Waals surface area contributed by atoms with Gasteiger partial charge in [-0.3, -0.25) is 0 Å². The molecule has 0 amide bonds. The van der Waals surface area contributed by atoms with Crippen LogP contribution in [0.15, 0.2) is 18.2 Å². The highest BCUT2D eigenvalue weighted by Crippen LogP contribution is 2.46. The molecule has 1 N–H and O–H groups in total. The number of halogens is 1. The molecule has 0 saturated carbocycles. The van der Waals surface area contributed by atoms with Crippen LogP contribution in [0.25, 0.3) is 0 Å². The Morgan fingerprint density at radius 3 is 3.05 bits per heavy atom. The summed E-state index contributed by atoms with van der Waals surface area (Å²) < 4.78 is 12.1. The molecule has 2 aliphatic rings. The quantitative estimate of drug-likeness (QED) is 0.900. The van der Waals surface area contributed by atoms with E-state index in [0.29, 0.717) is 18.1 Å². The summed E-state index contributed by atoms with van der Waals surface area (Å²) in [6, 6.07) is 5.48. The van der Waals surface area contributed by atoms with Gasteiger partial charge in [-0.05, 0) is 24.6 Å². The fourth-order valence-corrected chi connectivity index (χ4v) is 3.56. The van der Waals surface area contributed by atoms with E-state index in [1.54, 1.807) is 6.07 Å². The average Bonchev–Trinajstić information content (AvgIpc) is 2.40. The summed E-state index contributed by atoms with van der Waals surface area (Å²) in [6.45, 7) is 2.87. The summed E-state index contributed by atoms with van der Waals surface area (Å²) in [5, 5.41) is 11.1. The maximum absolute atomic E-state index is 10.4. The number of ether oxygens (including phenoxy) is 2. The Hall–Kier alpha value is -0.770. The highest BCUT2D eigenvalue weighted by molar-refractivity contribution is 6.30. The molecule has 1 fully saturated rings. The predicted octanol–water partition coefficient (Wildman–Crippen LogP) is 3.87. The zero-order chi connectivity index (χ0) is 14.2. The lowest BCUT2D eigenvalue weighted by atomic mass is 9.80. The summed E-state index contributed by atoms with van der Waals surface area (Å²) in [5.74, 6) is 0.769. The van der Waals surface area contributed by atoms with Crippen molar-refractivity contribution >= 4 is 11.6 Å². The van der Waals surface area contributed by atoms with Crippen molar-refractivity contribution in [1.82, 2.24) is 0 Å². The van der Waals surface area contributed by atoms with E-state index in [2.05, 4.69) is 6.92 Å². The van der Waals surface area contributed by atoms with Gasteiger partial charge in [-0.15, -0.1) is 0 Å². The van der Waals surface area contributed by atoms with Crippen molar-refractivity contribution in [3.05, 3.63) is 28.8 Å². The smallest absolute Gasteiger partial charge is 0.126 e. The van der Waals surface area contributed by atoms with Crippen LogP contribution in [-0.4, -0.2) is 23.4 Å². The Labute approximate surface area is 124 Å². The van der Waals surface area contributed by atoms with Crippen LogP contribution in [-0.2, 0) is 4.74 Å². The summed E-state index contributed by atoms with van der Waals surface area (Å²) in [7, 11) is 0. The summed E-state index contributed by atoms with van der Waals surface area (Å²) in [4.78, 5) is 0. The second-order valence-corrected chi connectivity index (χ2v) is 6.36. The highest BCUT2D eigenvalue weighted by Gasteiger charge is 2.44. The van der Waals surface area contributed by atoms with E-state index in [-0.39, 0.29) is 11.7 Å². The van der Waals surface area contributed by atoms with Gasteiger partial charge in [0.1, 0.15) is 11.4 Å². The second kappa shape index (κ2) is 5.55. The van der Waals surface area contributed by atoms with E-state index in [1.807, 2.05) is 12.1 Å². The molecule has 1 aromatic rings. The third-order valence-electron chi connectivity index (χ3n) is 4.34. The minimum absolute atomic E-state index is 0.245. The van der Waals surface area contributed by atoms with Gasteiger partial charge in [0, 0.05) is 29.8 Å². The predicted molar refractivity (Wildman–Crippen MR) is 78.3 cm³/mol. The number of benzene rings is 1. The van der Waals surface area contributed by atoms with Gasteiger partial charge in [0.2, 0.25) is 0 Å². The zero-order valence-electron chi connectivity index (χ0n) is 11.8. The lowest BCUT2D eigenvalue weighted by molar-refractivity contribution is -0.118. The molecule has 3 atom stereocenters. The van der Waals surface area contributed by atoms with E-state index >= 15 is 0 Å². The van der Waals surface area contributed by atoms with E-state index < -0.39 is 6.10 Å². The summed E-state index contributed by atoms with van der Waals surface area (Å²) in [5.41, 5.74) is 0.528. The number of hydrogen-bond donors (Lipinski definition) is 1. The van der Waals surface area contributed by atoms with Gasteiger partial charge in [0.05, 0.1) is 18.8 Å². The molecule has 2 aliphatic heterocycles. The van der Waals surface area contributed by atoms with Gasteiger partial charge in [-0.1, -0.05) is 24.9 Å². The van der Waals surface area contributed by atoms with Gasteiger partial charge in [0.25, 0.3) is 0 Å². The van der Waals surface area contributed by atoms with Crippen molar-refractivity contribution < 1.29 is 14.6 Å². The molecule has 4 heteroatoms. The lowest BCUT2D eigenvalue weighted by Gasteiger charge is -2.45. The Morgan fingerprint density at radius 1 is 1.40 bits per heavy atom. The molecule has 0 aliphatic carbocycles. The molecule has 1 saturated heterocycles. The second-order valence-electron chi connectivity index (χ2n) is 5.92. The first kappa shape index (κ1) is 14.2. The van der Waals surface area contributed by atoms with Crippen LogP contribution in [0.3, 0.4) is 0 Å². The van der Waals surface area contributed by atoms with Crippen LogP contribution < -0.4 is 4.74 Å². The molecule has 0 radical (unpaired) electrons. The first-order valence-electron chi connectivity index (χ1n) is 7.40. The van der Waals surface area contributed by atoms with E-state index in [4.69, 9.17) is 21.1 Å². The van der Waals surface area contributed by atoms with Crippen molar-refractivity contribution in [3.8, 4) is 5.75 Å². The maximum atomic E-state index is 10.4. The molecule has 1 aromatic carbocycles. The van der Waals surface area contributed by atoms with Crippen molar-refractivity contribution in [2.45, 2.75) is 56.8 Å². The molecule has 0 bridgehead atoms. The molecule has 0 aromatic heterocycles. The number of fused-ring (bicyclic) bond motifs is 1. The summed E-state index contributed by atoms with van der Waals surface area (Å²) in [6.07, 6.45) is 4.23. The number of hydrogen-bond acceptors (Lipinski definition) is 3. The van der Waals surface area contributed by atoms with E-state index in [9.17, 15) is 5.11 Å². The first-order valence-corrected chi connectivity index (χ1v) is 7.78. The number of aliphatic hydroxyl groups excluding tert-OH is 1. The van der Waals surface area contributed by atoms with Crippen molar-refractivity contribution in [2.75, 3.05) is 6.61 Å². The van der Waals surface area contributed by atoms with Gasteiger partial charge in [-0.25, -0.2) is 0 Å². The van der Waals surface area contributed by atoms with Crippen LogP contribution in [0.1, 0.15) is 50.7 Å². The topological polar surface area (TPSA) is 38.7 Å². The largest absolute Gasteiger partial charge is 0.487 e. The molecule has 2 unspecified atom stereocenters. The SMILES string of the molecule is CCCC1CC2(CCO1)C[C@@H](O)c1cc(Cl)ccc1O2.